The van der Waals surface area contributed by atoms with Crippen LogP contribution in [0.2, 0.25) is 0 Å². The summed E-state index contributed by atoms with van der Waals surface area (Å²) in [6.07, 6.45) is 6.57. The molecule has 0 saturated heterocycles. The van der Waals surface area contributed by atoms with Crippen molar-refractivity contribution in [2.24, 2.45) is 0 Å². The van der Waals surface area contributed by atoms with Crippen LogP contribution < -0.4 is 5.32 Å². The highest BCUT2D eigenvalue weighted by molar-refractivity contribution is 5.99. The van der Waals surface area contributed by atoms with Crippen molar-refractivity contribution in [2.75, 3.05) is 6.54 Å². The zero-order valence-corrected chi connectivity index (χ0v) is 15.7. The summed E-state index contributed by atoms with van der Waals surface area (Å²) in [5, 5.41) is 7.37. The summed E-state index contributed by atoms with van der Waals surface area (Å²) in [4.78, 5) is 16.8. The first-order valence-electron chi connectivity index (χ1n) is 9.33. The summed E-state index contributed by atoms with van der Waals surface area (Å²) in [7, 11) is 0. The van der Waals surface area contributed by atoms with E-state index in [2.05, 4.69) is 60.4 Å². The Morgan fingerprint density at radius 2 is 1.92 bits per heavy atom. The second kappa shape index (κ2) is 8.13. The minimum Gasteiger partial charge on any atom is -0.352 e. The number of hydrogen-bond acceptors (Lipinski definition) is 3. The number of hydrogen-bond donors (Lipinski definition) is 1. The summed E-state index contributed by atoms with van der Waals surface area (Å²) in [5.74, 6) is 0.380. The molecule has 0 saturated carbocycles. The number of fused-ring (bicyclic) bond motifs is 1. The third-order valence-electron chi connectivity index (χ3n) is 4.58. The Morgan fingerprint density at radius 3 is 2.62 bits per heavy atom. The van der Waals surface area contributed by atoms with Gasteiger partial charge in [0.1, 0.15) is 5.56 Å². The van der Waals surface area contributed by atoms with Crippen molar-refractivity contribution in [3.63, 3.8) is 0 Å². The summed E-state index contributed by atoms with van der Waals surface area (Å²) >= 11 is 0. The van der Waals surface area contributed by atoms with Crippen LogP contribution in [0.1, 0.15) is 61.9 Å². The number of unbranched alkanes of at least 4 members (excludes halogenated alkanes) is 2. The van der Waals surface area contributed by atoms with Crippen molar-refractivity contribution < 1.29 is 4.79 Å². The summed E-state index contributed by atoms with van der Waals surface area (Å²) in [6, 6.07) is 10.4. The van der Waals surface area contributed by atoms with Gasteiger partial charge in [-0.15, -0.1) is 0 Å². The quantitative estimate of drug-likeness (QED) is 0.641. The second-order valence-electron chi connectivity index (χ2n) is 6.86. The molecule has 0 aliphatic rings. The smallest absolute Gasteiger partial charge is 0.256 e. The standard InChI is InChI=1S/C21H26N4O/c1-4-5-6-12-23-21(26)18-14-24-25-19(11-13-22-20(18)25)17-9-7-16(8-10-17)15(2)3/h7-11,13-15H,4-6,12H2,1-3H3,(H,23,26). The lowest BCUT2D eigenvalue weighted by Gasteiger charge is -2.08. The highest BCUT2D eigenvalue weighted by atomic mass is 16.1. The van der Waals surface area contributed by atoms with Crippen molar-refractivity contribution in [3.05, 3.63) is 53.9 Å². The fourth-order valence-corrected chi connectivity index (χ4v) is 2.98. The molecule has 0 fully saturated rings. The average Bonchev–Trinajstić information content (AvgIpc) is 3.09. The number of nitrogens with one attached hydrogen (secondary N) is 1. The lowest BCUT2D eigenvalue weighted by atomic mass is 10.0. The van der Waals surface area contributed by atoms with E-state index in [0.717, 1.165) is 30.5 Å². The number of benzene rings is 1. The maximum absolute atomic E-state index is 12.4. The third-order valence-corrected chi connectivity index (χ3v) is 4.58. The van der Waals surface area contributed by atoms with E-state index in [-0.39, 0.29) is 5.91 Å². The van der Waals surface area contributed by atoms with Gasteiger partial charge in [-0.1, -0.05) is 57.9 Å². The molecule has 0 aliphatic heterocycles. The van der Waals surface area contributed by atoms with Gasteiger partial charge in [0.15, 0.2) is 5.65 Å². The van der Waals surface area contributed by atoms with Gasteiger partial charge in [-0.25, -0.2) is 9.50 Å². The van der Waals surface area contributed by atoms with E-state index in [0.29, 0.717) is 23.7 Å². The monoisotopic (exact) mass is 350 g/mol. The predicted octanol–water partition coefficient (Wildman–Crippen LogP) is 4.44. The van der Waals surface area contributed by atoms with Crippen molar-refractivity contribution in [2.45, 2.75) is 46.0 Å². The Bertz CT molecular complexity index is 881. The maximum Gasteiger partial charge on any atom is 0.256 e. The second-order valence-corrected chi connectivity index (χ2v) is 6.86. The molecule has 5 heteroatoms. The lowest BCUT2D eigenvalue weighted by molar-refractivity contribution is 0.0954. The van der Waals surface area contributed by atoms with Crippen LogP contribution in [-0.4, -0.2) is 27.0 Å². The molecule has 26 heavy (non-hydrogen) atoms. The molecular formula is C21H26N4O. The minimum absolute atomic E-state index is 0.115. The van der Waals surface area contributed by atoms with Crippen LogP contribution in [0.15, 0.2) is 42.7 Å². The Kier molecular flexibility index (Phi) is 5.66. The molecule has 1 amide bonds. The van der Waals surface area contributed by atoms with Gasteiger partial charge in [0.25, 0.3) is 5.91 Å². The van der Waals surface area contributed by atoms with E-state index >= 15 is 0 Å². The van der Waals surface area contributed by atoms with E-state index < -0.39 is 0 Å². The highest BCUT2D eigenvalue weighted by Crippen LogP contribution is 2.23. The molecular weight excluding hydrogens is 324 g/mol. The van der Waals surface area contributed by atoms with Crippen LogP contribution in [-0.2, 0) is 0 Å². The van der Waals surface area contributed by atoms with Crippen molar-refractivity contribution >= 4 is 11.6 Å². The van der Waals surface area contributed by atoms with Crippen LogP contribution >= 0.6 is 0 Å². The van der Waals surface area contributed by atoms with Crippen LogP contribution in [0, 0.1) is 0 Å². The number of carbonyl (C=O) groups is 1. The van der Waals surface area contributed by atoms with Crippen LogP contribution in [0.3, 0.4) is 0 Å². The van der Waals surface area contributed by atoms with Gasteiger partial charge in [0.05, 0.1) is 11.9 Å². The van der Waals surface area contributed by atoms with Gasteiger partial charge in [-0.2, -0.15) is 5.10 Å². The molecule has 0 aliphatic carbocycles. The molecule has 1 N–H and O–H groups in total. The van der Waals surface area contributed by atoms with Crippen LogP contribution in [0.5, 0.6) is 0 Å². The number of aromatic nitrogens is 3. The molecule has 2 aromatic heterocycles. The minimum atomic E-state index is -0.115. The summed E-state index contributed by atoms with van der Waals surface area (Å²) < 4.78 is 1.74. The zero-order valence-electron chi connectivity index (χ0n) is 15.7. The molecule has 0 atom stereocenters. The van der Waals surface area contributed by atoms with Gasteiger partial charge in [0, 0.05) is 18.3 Å². The lowest BCUT2D eigenvalue weighted by Crippen LogP contribution is -2.24. The first kappa shape index (κ1) is 18.1. The molecule has 0 radical (unpaired) electrons. The number of amides is 1. The number of carbonyl (C=O) groups excluding carboxylic acids is 1. The van der Waals surface area contributed by atoms with Gasteiger partial charge in [-0.3, -0.25) is 4.79 Å². The van der Waals surface area contributed by atoms with E-state index in [1.54, 1.807) is 16.9 Å². The fraction of sp³-hybridized carbons (Fsp3) is 0.381. The molecule has 136 valence electrons. The number of nitrogens with zero attached hydrogens (tertiary/aromatic N) is 3. The highest BCUT2D eigenvalue weighted by Gasteiger charge is 2.15. The van der Waals surface area contributed by atoms with Gasteiger partial charge in [0.2, 0.25) is 0 Å². The van der Waals surface area contributed by atoms with E-state index in [1.807, 2.05) is 6.07 Å². The van der Waals surface area contributed by atoms with Crippen LogP contribution in [0.25, 0.3) is 16.9 Å². The van der Waals surface area contributed by atoms with Crippen LogP contribution in [0.4, 0.5) is 0 Å². The average molecular weight is 350 g/mol. The molecule has 0 spiro atoms. The van der Waals surface area contributed by atoms with Crippen molar-refractivity contribution in [1.82, 2.24) is 19.9 Å². The fourth-order valence-electron chi connectivity index (χ4n) is 2.98. The molecule has 2 heterocycles. The SMILES string of the molecule is CCCCCNC(=O)c1cnn2c(-c3ccc(C(C)C)cc3)ccnc12. The van der Waals surface area contributed by atoms with Gasteiger partial charge >= 0.3 is 0 Å². The largest absolute Gasteiger partial charge is 0.352 e. The van der Waals surface area contributed by atoms with Crippen molar-refractivity contribution in [1.29, 1.82) is 0 Å². The van der Waals surface area contributed by atoms with E-state index in [4.69, 9.17) is 0 Å². The first-order valence-corrected chi connectivity index (χ1v) is 9.33. The number of rotatable bonds is 7. The topological polar surface area (TPSA) is 59.3 Å². The van der Waals surface area contributed by atoms with Gasteiger partial charge < -0.3 is 5.32 Å². The molecule has 5 nitrogen and oxygen atoms in total. The summed E-state index contributed by atoms with van der Waals surface area (Å²) in [5.41, 5.74) is 4.38. The van der Waals surface area contributed by atoms with Crippen molar-refractivity contribution in [3.8, 4) is 11.3 Å². The van der Waals surface area contributed by atoms with E-state index in [9.17, 15) is 4.79 Å². The molecule has 3 aromatic rings. The normalized spacial score (nSPS) is 11.2. The Hall–Kier alpha value is -2.69. The maximum atomic E-state index is 12.4. The molecule has 0 unspecified atom stereocenters. The van der Waals surface area contributed by atoms with E-state index in [1.165, 1.54) is 5.56 Å². The first-order chi connectivity index (χ1) is 12.6. The Labute approximate surface area is 154 Å². The molecule has 3 rings (SSSR count). The zero-order chi connectivity index (χ0) is 18.5. The predicted molar refractivity (Wildman–Crippen MR) is 104 cm³/mol. The van der Waals surface area contributed by atoms with Gasteiger partial charge in [-0.05, 0) is 24.0 Å². The third kappa shape index (κ3) is 3.77. The summed E-state index contributed by atoms with van der Waals surface area (Å²) in [6.45, 7) is 7.18. The Morgan fingerprint density at radius 1 is 1.15 bits per heavy atom. The molecule has 1 aromatic carbocycles. The Balaban J connectivity index is 1.87. The molecule has 0 bridgehead atoms.